The number of aliphatic imine (C=N–C) groups is 1. The Labute approximate surface area is 201 Å². The van der Waals surface area contributed by atoms with E-state index in [0.717, 1.165) is 36.2 Å². The molecule has 0 amide bonds. The Hall–Kier alpha value is -2.36. The van der Waals surface area contributed by atoms with Crippen LogP contribution < -0.4 is 10.6 Å². The maximum atomic E-state index is 5.85. The van der Waals surface area contributed by atoms with Crippen LogP contribution >= 0.6 is 24.0 Å². The summed E-state index contributed by atoms with van der Waals surface area (Å²) in [4.78, 5) is 13.4. The van der Waals surface area contributed by atoms with Crippen LogP contribution in [-0.2, 0) is 25.0 Å². The predicted octanol–water partition coefficient (Wildman–Crippen LogP) is 4.40. The van der Waals surface area contributed by atoms with Gasteiger partial charge in [-0.3, -0.25) is 0 Å². The van der Waals surface area contributed by atoms with Crippen molar-refractivity contribution in [1.29, 1.82) is 0 Å². The molecule has 3 aromatic rings. The van der Waals surface area contributed by atoms with Crippen molar-refractivity contribution in [3.63, 3.8) is 0 Å². The fraction of sp³-hybridized carbons (Fsp3) is 0.435. The zero-order valence-corrected chi connectivity index (χ0v) is 21.3. The summed E-state index contributed by atoms with van der Waals surface area (Å²) in [5, 5.41) is 6.58. The van der Waals surface area contributed by atoms with Gasteiger partial charge in [0.25, 0.3) is 0 Å². The lowest BCUT2D eigenvalue weighted by atomic mass is 9.94. The number of hydrogen-bond acceptors (Lipinski definition) is 4. The highest BCUT2D eigenvalue weighted by molar-refractivity contribution is 14.0. The molecule has 0 saturated carbocycles. The van der Waals surface area contributed by atoms with Gasteiger partial charge in [-0.1, -0.05) is 45.0 Å². The van der Waals surface area contributed by atoms with Gasteiger partial charge in [0.1, 0.15) is 11.6 Å². The van der Waals surface area contributed by atoms with Gasteiger partial charge in [-0.25, -0.2) is 15.0 Å². The summed E-state index contributed by atoms with van der Waals surface area (Å²) < 4.78 is 7.99. The lowest BCUT2D eigenvalue weighted by Crippen LogP contribution is -2.36. The molecule has 0 unspecified atom stereocenters. The second-order valence-corrected chi connectivity index (χ2v) is 8.34. The lowest BCUT2D eigenvalue weighted by molar-refractivity contribution is 0.379. The standard InChI is InChI=1S/C23H32N6O.HI/c1-6-24-22(28-15-21-26-14-20(30-21)23(3,4)5)27-13-18-8-7-9-19(12-18)16-29-11-10-25-17(29)2;/h7-12,14H,6,13,15-16H2,1-5H3,(H2,24,27,28);1H. The quantitative estimate of drug-likeness (QED) is 0.266. The molecule has 1 aromatic carbocycles. The number of hydrogen-bond donors (Lipinski definition) is 2. The van der Waals surface area contributed by atoms with Crippen LogP contribution in [-0.4, -0.2) is 27.0 Å². The molecule has 2 aromatic heterocycles. The summed E-state index contributed by atoms with van der Waals surface area (Å²) in [6.07, 6.45) is 5.63. The van der Waals surface area contributed by atoms with Crippen molar-refractivity contribution in [2.75, 3.05) is 6.54 Å². The number of aryl methyl sites for hydroxylation is 1. The highest BCUT2D eigenvalue weighted by Crippen LogP contribution is 2.22. The Morgan fingerprint density at radius 3 is 2.58 bits per heavy atom. The minimum Gasteiger partial charge on any atom is -0.443 e. The van der Waals surface area contributed by atoms with Crippen LogP contribution in [0.2, 0.25) is 0 Å². The van der Waals surface area contributed by atoms with E-state index in [1.54, 1.807) is 6.20 Å². The number of nitrogens with one attached hydrogen (secondary N) is 2. The van der Waals surface area contributed by atoms with Gasteiger partial charge in [0, 0.05) is 30.9 Å². The number of guanidine groups is 1. The third-order valence-corrected chi connectivity index (χ3v) is 4.73. The van der Waals surface area contributed by atoms with Gasteiger partial charge >= 0.3 is 0 Å². The number of oxazole rings is 1. The maximum absolute atomic E-state index is 5.85. The van der Waals surface area contributed by atoms with E-state index in [1.165, 1.54) is 5.56 Å². The second kappa shape index (κ2) is 11.3. The fourth-order valence-electron chi connectivity index (χ4n) is 3.00. The van der Waals surface area contributed by atoms with Crippen molar-refractivity contribution < 1.29 is 4.42 Å². The summed E-state index contributed by atoms with van der Waals surface area (Å²) in [6.45, 7) is 13.1. The van der Waals surface area contributed by atoms with Gasteiger partial charge in [0.15, 0.2) is 5.96 Å². The van der Waals surface area contributed by atoms with Gasteiger partial charge in [0.05, 0.1) is 19.3 Å². The van der Waals surface area contributed by atoms with Crippen molar-refractivity contribution in [2.24, 2.45) is 4.99 Å². The fourth-order valence-corrected chi connectivity index (χ4v) is 3.00. The Kier molecular flexibility index (Phi) is 9.09. The molecule has 7 nitrogen and oxygen atoms in total. The predicted molar refractivity (Wildman–Crippen MR) is 135 cm³/mol. The zero-order chi connectivity index (χ0) is 21.6. The number of rotatable bonds is 7. The lowest BCUT2D eigenvalue weighted by Gasteiger charge is -2.13. The monoisotopic (exact) mass is 536 g/mol. The van der Waals surface area contributed by atoms with E-state index in [2.05, 4.69) is 70.2 Å². The largest absolute Gasteiger partial charge is 0.443 e. The molecule has 3 rings (SSSR count). The molecule has 2 N–H and O–H groups in total. The van der Waals surface area contributed by atoms with E-state index >= 15 is 0 Å². The maximum Gasteiger partial charge on any atom is 0.213 e. The summed E-state index contributed by atoms with van der Waals surface area (Å²) in [6, 6.07) is 8.50. The van der Waals surface area contributed by atoms with E-state index in [-0.39, 0.29) is 29.4 Å². The number of nitrogens with zero attached hydrogens (tertiary/aromatic N) is 4. The molecule has 0 fully saturated rings. The SMILES string of the molecule is CCNC(=NCc1cccc(Cn2ccnc2C)c1)NCc1ncc(C(C)(C)C)o1.I. The average molecular weight is 536 g/mol. The molecule has 2 heterocycles. The molecule has 0 radical (unpaired) electrons. The Bertz CT molecular complexity index is 986. The molecule has 168 valence electrons. The molecule has 0 aliphatic carbocycles. The number of imidazole rings is 1. The van der Waals surface area contributed by atoms with Gasteiger partial charge in [-0.15, -0.1) is 24.0 Å². The van der Waals surface area contributed by atoms with Gasteiger partial charge in [-0.05, 0) is 25.0 Å². The Morgan fingerprint density at radius 2 is 1.94 bits per heavy atom. The molecular formula is C23H33IN6O. The highest BCUT2D eigenvalue weighted by Gasteiger charge is 2.19. The third-order valence-electron chi connectivity index (χ3n) is 4.73. The normalized spacial score (nSPS) is 11.8. The summed E-state index contributed by atoms with van der Waals surface area (Å²) in [7, 11) is 0. The van der Waals surface area contributed by atoms with Crippen molar-refractivity contribution in [3.05, 3.63) is 71.5 Å². The third kappa shape index (κ3) is 7.37. The van der Waals surface area contributed by atoms with Crippen LogP contribution in [0.1, 0.15) is 56.3 Å². The first-order valence-electron chi connectivity index (χ1n) is 10.4. The molecule has 0 aliphatic rings. The Morgan fingerprint density at radius 1 is 1.16 bits per heavy atom. The second-order valence-electron chi connectivity index (χ2n) is 8.34. The topological polar surface area (TPSA) is 80.3 Å². The van der Waals surface area contributed by atoms with E-state index in [9.17, 15) is 0 Å². The molecule has 0 atom stereocenters. The van der Waals surface area contributed by atoms with Crippen molar-refractivity contribution in [2.45, 2.75) is 59.7 Å². The Balaban J connectivity index is 0.00000341. The van der Waals surface area contributed by atoms with Crippen molar-refractivity contribution in [1.82, 2.24) is 25.2 Å². The van der Waals surface area contributed by atoms with Crippen LogP contribution in [0.3, 0.4) is 0 Å². The van der Waals surface area contributed by atoms with Crippen molar-refractivity contribution in [3.8, 4) is 0 Å². The van der Waals surface area contributed by atoms with Gasteiger partial charge in [0.2, 0.25) is 5.89 Å². The molecule has 0 spiro atoms. The van der Waals surface area contributed by atoms with Gasteiger partial charge in [-0.2, -0.15) is 0 Å². The smallest absolute Gasteiger partial charge is 0.213 e. The van der Waals surface area contributed by atoms with E-state index < -0.39 is 0 Å². The molecule has 8 heteroatoms. The molecule has 0 bridgehead atoms. The number of aromatic nitrogens is 3. The molecule has 0 aliphatic heterocycles. The zero-order valence-electron chi connectivity index (χ0n) is 19.0. The van der Waals surface area contributed by atoms with E-state index in [4.69, 9.17) is 9.41 Å². The first-order valence-corrected chi connectivity index (χ1v) is 10.4. The number of halogens is 1. The first kappa shape index (κ1) is 24.9. The average Bonchev–Trinajstić information content (AvgIpc) is 3.34. The van der Waals surface area contributed by atoms with Crippen LogP contribution in [0.5, 0.6) is 0 Å². The van der Waals surface area contributed by atoms with E-state index in [1.807, 2.05) is 26.2 Å². The van der Waals surface area contributed by atoms with Crippen LogP contribution in [0.25, 0.3) is 0 Å². The summed E-state index contributed by atoms with van der Waals surface area (Å²) in [5.41, 5.74) is 2.34. The van der Waals surface area contributed by atoms with Crippen LogP contribution in [0.15, 0.2) is 52.3 Å². The number of benzene rings is 1. The molecular weight excluding hydrogens is 503 g/mol. The van der Waals surface area contributed by atoms with Crippen LogP contribution in [0.4, 0.5) is 0 Å². The first-order chi connectivity index (χ1) is 14.3. The molecule has 0 saturated heterocycles. The minimum absolute atomic E-state index is 0. The van der Waals surface area contributed by atoms with Crippen molar-refractivity contribution >= 4 is 29.9 Å². The highest BCUT2D eigenvalue weighted by atomic mass is 127. The summed E-state index contributed by atoms with van der Waals surface area (Å²) >= 11 is 0. The van der Waals surface area contributed by atoms with Gasteiger partial charge < -0.3 is 19.6 Å². The molecule has 31 heavy (non-hydrogen) atoms. The minimum atomic E-state index is -0.0515. The summed E-state index contributed by atoms with van der Waals surface area (Å²) in [5.74, 6) is 3.29. The van der Waals surface area contributed by atoms with E-state index in [0.29, 0.717) is 19.0 Å². The van der Waals surface area contributed by atoms with Crippen LogP contribution in [0, 0.1) is 6.92 Å².